The van der Waals surface area contributed by atoms with Gasteiger partial charge in [0.2, 0.25) is 0 Å². The molecule has 5 heteroatoms. The van der Waals surface area contributed by atoms with Crippen LogP contribution in [0.2, 0.25) is 0 Å². The zero-order chi connectivity index (χ0) is 13.5. The van der Waals surface area contributed by atoms with Gasteiger partial charge in [-0.2, -0.15) is 0 Å². The van der Waals surface area contributed by atoms with Gasteiger partial charge in [-0.1, -0.05) is 0 Å². The van der Waals surface area contributed by atoms with E-state index in [9.17, 15) is 4.79 Å². The molecule has 0 aromatic rings. The predicted molar refractivity (Wildman–Crippen MR) is 73.3 cm³/mol. The van der Waals surface area contributed by atoms with Gasteiger partial charge >= 0.3 is 5.97 Å². The highest BCUT2D eigenvalue weighted by molar-refractivity contribution is 5.68. The van der Waals surface area contributed by atoms with Crippen LogP contribution in [0, 0.1) is 5.92 Å². The molecule has 0 bridgehead atoms. The number of carbonyl (C=O) groups is 1. The first-order valence-corrected chi connectivity index (χ1v) is 7.50. The molecule has 2 atom stereocenters. The molecule has 5 nitrogen and oxygen atoms in total. The first-order valence-electron chi connectivity index (χ1n) is 7.50. The van der Waals surface area contributed by atoms with E-state index in [4.69, 9.17) is 9.84 Å². The maximum atomic E-state index is 10.5. The summed E-state index contributed by atoms with van der Waals surface area (Å²) in [6.45, 7) is 5.24. The normalized spacial score (nSPS) is 28.6. The highest BCUT2D eigenvalue weighted by Crippen LogP contribution is 2.19. The number of nitrogens with zero attached hydrogens (tertiary/aromatic N) is 1. The molecular formula is C14H26N2O3. The maximum absolute atomic E-state index is 10.5. The van der Waals surface area contributed by atoms with Crippen molar-refractivity contribution in [1.29, 1.82) is 0 Å². The van der Waals surface area contributed by atoms with Crippen molar-refractivity contribution in [2.75, 3.05) is 39.3 Å². The Balaban J connectivity index is 1.60. The molecule has 2 rings (SSSR count). The predicted octanol–water partition coefficient (Wildman–Crippen LogP) is 0.942. The Hall–Kier alpha value is -0.650. The molecule has 0 aliphatic carbocycles. The molecule has 2 unspecified atom stereocenters. The van der Waals surface area contributed by atoms with Gasteiger partial charge in [0.1, 0.15) is 0 Å². The molecule has 2 N–H and O–H groups in total. The summed E-state index contributed by atoms with van der Waals surface area (Å²) in [6, 6.07) is 0. The molecule has 0 aromatic carbocycles. The van der Waals surface area contributed by atoms with Gasteiger partial charge in [-0.05, 0) is 51.1 Å². The van der Waals surface area contributed by atoms with Gasteiger partial charge in [0.15, 0.2) is 0 Å². The third kappa shape index (κ3) is 5.47. The van der Waals surface area contributed by atoms with Crippen LogP contribution in [0.5, 0.6) is 0 Å². The molecule has 0 amide bonds. The fourth-order valence-corrected chi connectivity index (χ4v) is 3.10. The number of nitrogens with one attached hydrogen (secondary N) is 1. The summed E-state index contributed by atoms with van der Waals surface area (Å²) in [7, 11) is 0. The van der Waals surface area contributed by atoms with E-state index in [1.54, 1.807) is 0 Å². The summed E-state index contributed by atoms with van der Waals surface area (Å²) in [4.78, 5) is 13.0. The Morgan fingerprint density at radius 3 is 3.00 bits per heavy atom. The van der Waals surface area contributed by atoms with Crippen LogP contribution in [-0.2, 0) is 9.53 Å². The maximum Gasteiger partial charge on any atom is 0.317 e. The van der Waals surface area contributed by atoms with E-state index in [0.29, 0.717) is 12.0 Å². The van der Waals surface area contributed by atoms with Gasteiger partial charge in [-0.3, -0.25) is 4.79 Å². The number of likely N-dealkylation sites (tertiary alicyclic amines) is 1. The van der Waals surface area contributed by atoms with Crippen LogP contribution < -0.4 is 5.32 Å². The van der Waals surface area contributed by atoms with E-state index < -0.39 is 5.97 Å². The van der Waals surface area contributed by atoms with Gasteiger partial charge < -0.3 is 20.1 Å². The van der Waals surface area contributed by atoms with E-state index >= 15 is 0 Å². The second-order valence-corrected chi connectivity index (χ2v) is 5.76. The zero-order valence-corrected chi connectivity index (χ0v) is 11.6. The summed E-state index contributed by atoms with van der Waals surface area (Å²) in [5.74, 6) is -0.177. The topological polar surface area (TPSA) is 61.8 Å². The van der Waals surface area contributed by atoms with Crippen molar-refractivity contribution in [3.05, 3.63) is 0 Å². The first-order chi connectivity index (χ1) is 9.24. The fourth-order valence-electron chi connectivity index (χ4n) is 3.10. The quantitative estimate of drug-likeness (QED) is 0.721. The molecule has 0 spiro atoms. The van der Waals surface area contributed by atoms with E-state index in [1.165, 1.54) is 32.2 Å². The van der Waals surface area contributed by atoms with Gasteiger partial charge in [-0.25, -0.2) is 0 Å². The van der Waals surface area contributed by atoms with Crippen molar-refractivity contribution in [3.8, 4) is 0 Å². The van der Waals surface area contributed by atoms with Crippen molar-refractivity contribution >= 4 is 5.97 Å². The van der Waals surface area contributed by atoms with Crippen molar-refractivity contribution < 1.29 is 14.6 Å². The van der Waals surface area contributed by atoms with E-state index in [2.05, 4.69) is 10.2 Å². The second kappa shape index (κ2) is 7.82. The summed E-state index contributed by atoms with van der Waals surface area (Å²) < 4.78 is 5.66. The number of ether oxygens (including phenoxy) is 1. The Morgan fingerprint density at radius 2 is 2.26 bits per heavy atom. The molecule has 0 aromatic heterocycles. The van der Waals surface area contributed by atoms with Crippen molar-refractivity contribution in [2.45, 2.75) is 38.2 Å². The van der Waals surface area contributed by atoms with Crippen LogP contribution in [0.3, 0.4) is 0 Å². The Bertz CT molecular complexity index is 280. The Labute approximate surface area is 115 Å². The lowest BCUT2D eigenvalue weighted by molar-refractivity contribution is -0.136. The minimum Gasteiger partial charge on any atom is -0.480 e. The van der Waals surface area contributed by atoms with Crippen LogP contribution in [0.15, 0.2) is 0 Å². The lowest BCUT2D eigenvalue weighted by Gasteiger charge is -2.33. The molecule has 19 heavy (non-hydrogen) atoms. The van der Waals surface area contributed by atoms with Crippen molar-refractivity contribution in [1.82, 2.24) is 10.2 Å². The standard InChI is InChI=1S/C14H26N2O3/c17-14(18)10-15-9-12-3-1-6-16(11-12)7-5-13-4-2-8-19-13/h12-13,15H,1-11H2,(H,17,18). The lowest BCUT2D eigenvalue weighted by Crippen LogP contribution is -2.41. The van der Waals surface area contributed by atoms with E-state index in [1.807, 2.05) is 0 Å². The number of carboxylic acids is 1. The molecule has 0 radical (unpaired) electrons. The number of hydrogen-bond acceptors (Lipinski definition) is 4. The highest BCUT2D eigenvalue weighted by atomic mass is 16.5. The fraction of sp³-hybridized carbons (Fsp3) is 0.929. The SMILES string of the molecule is O=C(O)CNCC1CCCN(CCC2CCCO2)C1. The monoisotopic (exact) mass is 270 g/mol. The zero-order valence-electron chi connectivity index (χ0n) is 11.6. The minimum atomic E-state index is -0.772. The van der Waals surface area contributed by atoms with Crippen LogP contribution in [0.1, 0.15) is 32.1 Å². The van der Waals surface area contributed by atoms with Crippen molar-refractivity contribution in [2.24, 2.45) is 5.92 Å². The van der Waals surface area contributed by atoms with Crippen LogP contribution in [0.25, 0.3) is 0 Å². The van der Waals surface area contributed by atoms with E-state index in [-0.39, 0.29) is 6.54 Å². The minimum absolute atomic E-state index is 0.0758. The average Bonchev–Trinajstić information content (AvgIpc) is 2.89. The molecule has 0 saturated carbocycles. The largest absolute Gasteiger partial charge is 0.480 e. The summed E-state index contributed by atoms with van der Waals surface area (Å²) in [5.41, 5.74) is 0. The molecule has 110 valence electrons. The lowest BCUT2D eigenvalue weighted by atomic mass is 9.97. The van der Waals surface area contributed by atoms with E-state index in [0.717, 1.165) is 32.7 Å². The van der Waals surface area contributed by atoms with Crippen LogP contribution in [-0.4, -0.2) is 61.4 Å². The molecule has 2 heterocycles. The first kappa shape index (κ1) is 14.8. The van der Waals surface area contributed by atoms with Crippen LogP contribution >= 0.6 is 0 Å². The Kier molecular flexibility index (Phi) is 6.07. The number of hydrogen-bond donors (Lipinski definition) is 2. The molecule has 2 aliphatic rings. The number of piperidine rings is 1. The molecular weight excluding hydrogens is 244 g/mol. The molecule has 2 aliphatic heterocycles. The molecule has 2 fully saturated rings. The number of rotatable bonds is 7. The summed E-state index contributed by atoms with van der Waals surface area (Å²) in [5, 5.41) is 11.6. The summed E-state index contributed by atoms with van der Waals surface area (Å²) >= 11 is 0. The summed E-state index contributed by atoms with van der Waals surface area (Å²) in [6.07, 6.45) is 6.50. The second-order valence-electron chi connectivity index (χ2n) is 5.76. The number of aliphatic carboxylic acids is 1. The van der Waals surface area contributed by atoms with Gasteiger partial charge in [-0.15, -0.1) is 0 Å². The van der Waals surface area contributed by atoms with Gasteiger partial charge in [0.05, 0.1) is 12.6 Å². The third-order valence-electron chi connectivity index (χ3n) is 4.10. The average molecular weight is 270 g/mol. The van der Waals surface area contributed by atoms with Gasteiger partial charge in [0.25, 0.3) is 0 Å². The van der Waals surface area contributed by atoms with Gasteiger partial charge in [0, 0.05) is 19.7 Å². The number of carboxylic acid groups (broad SMARTS) is 1. The molecule has 2 saturated heterocycles. The van der Waals surface area contributed by atoms with Crippen molar-refractivity contribution in [3.63, 3.8) is 0 Å². The smallest absolute Gasteiger partial charge is 0.317 e. The highest BCUT2D eigenvalue weighted by Gasteiger charge is 2.22. The third-order valence-corrected chi connectivity index (χ3v) is 4.10. The van der Waals surface area contributed by atoms with Crippen LogP contribution in [0.4, 0.5) is 0 Å². The Morgan fingerprint density at radius 1 is 1.37 bits per heavy atom.